The molecule has 1 aromatic rings. The lowest BCUT2D eigenvalue weighted by Gasteiger charge is -2.25. The van der Waals surface area contributed by atoms with Crippen LogP contribution in [0.25, 0.3) is 6.08 Å². The maximum Gasteiger partial charge on any atom is 0.309 e. The molecule has 0 spiro atoms. The number of rotatable bonds is 10. The smallest absolute Gasteiger partial charge is 0.309 e. The van der Waals surface area contributed by atoms with E-state index in [1.165, 1.54) is 37.7 Å². The first-order valence-corrected chi connectivity index (χ1v) is 10.8. The van der Waals surface area contributed by atoms with Gasteiger partial charge in [0.05, 0.1) is 12.0 Å². The molecule has 0 bridgehead atoms. The maximum atomic E-state index is 11.5. The van der Waals surface area contributed by atoms with Crippen molar-refractivity contribution in [2.24, 2.45) is 0 Å². The van der Waals surface area contributed by atoms with Crippen LogP contribution in [0.4, 0.5) is 0 Å². The fourth-order valence-corrected chi connectivity index (χ4v) is 4.52. The zero-order valence-corrected chi connectivity index (χ0v) is 17.4. The van der Waals surface area contributed by atoms with Crippen molar-refractivity contribution in [3.63, 3.8) is 0 Å². The summed E-state index contributed by atoms with van der Waals surface area (Å²) in [7, 11) is 0. The van der Waals surface area contributed by atoms with Gasteiger partial charge in [0.1, 0.15) is 11.7 Å². The highest BCUT2D eigenvalue weighted by molar-refractivity contribution is 5.73. The Morgan fingerprint density at radius 1 is 1.04 bits per heavy atom. The molecule has 0 N–H and O–H groups in total. The zero-order valence-electron chi connectivity index (χ0n) is 17.4. The van der Waals surface area contributed by atoms with Crippen molar-refractivity contribution in [2.75, 3.05) is 0 Å². The Bertz CT molecular complexity index is 693. The molecule has 0 aliphatic carbocycles. The molecule has 2 aliphatic rings. The topological polar surface area (TPSA) is 35.5 Å². The third-order valence-corrected chi connectivity index (χ3v) is 5.94. The van der Waals surface area contributed by atoms with E-state index in [0.717, 1.165) is 19.3 Å². The average Bonchev–Trinajstić information content (AvgIpc) is 3.05. The van der Waals surface area contributed by atoms with Crippen LogP contribution in [0.3, 0.4) is 0 Å². The summed E-state index contributed by atoms with van der Waals surface area (Å²) in [5.41, 5.74) is 0.712. The lowest BCUT2D eigenvalue weighted by atomic mass is 9.87. The van der Waals surface area contributed by atoms with Gasteiger partial charge in [0.15, 0.2) is 0 Å². The molecule has 1 aromatic carbocycles. The molecule has 28 heavy (non-hydrogen) atoms. The Labute approximate surface area is 169 Å². The maximum absolute atomic E-state index is 11.5. The molecular weight excluding hydrogens is 348 g/mol. The molecule has 2 saturated heterocycles. The second-order valence-corrected chi connectivity index (χ2v) is 8.73. The summed E-state index contributed by atoms with van der Waals surface area (Å²) < 4.78 is 11.7. The van der Waals surface area contributed by atoms with E-state index in [0.29, 0.717) is 6.42 Å². The minimum absolute atomic E-state index is 0.0484. The number of esters is 1. The summed E-state index contributed by atoms with van der Waals surface area (Å²) >= 11 is 0. The molecule has 0 saturated carbocycles. The van der Waals surface area contributed by atoms with E-state index < -0.39 is 5.60 Å². The SMILES string of the molecule is C[C@]1(CCCCCCC/C=C/C=C/c2ccccc2)C[C@]2(C)OC(=O)C[C@@H]2O1. The monoisotopic (exact) mass is 382 g/mol. The normalized spacial score (nSPS) is 29.6. The van der Waals surface area contributed by atoms with Gasteiger partial charge in [-0.1, -0.05) is 80.3 Å². The fraction of sp³-hybridized carbons (Fsp3) is 0.560. The first-order valence-electron chi connectivity index (χ1n) is 10.8. The Hall–Kier alpha value is -1.87. The van der Waals surface area contributed by atoms with Crippen LogP contribution in [-0.2, 0) is 14.3 Å². The van der Waals surface area contributed by atoms with Gasteiger partial charge in [0.2, 0.25) is 0 Å². The molecule has 0 amide bonds. The Morgan fingerprint density at radius 2 is 1.79 bits per heavy atom. The number of hydrogen-bond donors (Lipinski definition) is 0. The first-order chi connectivity index (χ1) is 13.5. The summed E-state index contributed by atoms with van der Waals surface area (Å²) in [6, 6.07) is 10.4. The lowest BCUT2D eigenvalue weighted by molar-refractivity contribution is -0.147. The van der Waals surface area contributed by atoms with Crippen LogP contribution in [0.15, 0.2) is 48.6 Å². The Balaban J connectivity index is 1.22. The van der Waals surface area contributed by atoms with Crippen LogP contribution in [0.1, 0.15) is 77.2 Å². The predicted octanol–water partition coefficient (Wildman–Crippen LogP) is 6.24. The van der Waals surface area contributed by atoms with Gasteiger partial charge in [-0.05, 0) is 38.7 Å². The summed E-state index contributed by atoms with van der Waals surface area (Å²) in [5, 5.41) is 0. The second-order valence-electron chi connectivity index (χ2n) is 8.73. The van der Waals surface area contributed by atoms with Crippen molar-refractivity contribution in [3.05, 3.63) is 54.1 Å². The van der Waals surface area contributed by atoms with Crippen molar-refractivity contribution in [2.45, 2.75) is 88.9 Å². The number of ether oxygens (including phenoxy) is 2. The van der Waals surface area contributed by atoms with E-state index in [2.05, 4.69) is 55.5 Å². The highest BCUT2D eigenvalue weighted by Crippen LogP contribution is 2.47. The number of carbonyl (C=O) groups excluding carboxylic acids is 1. The van der Waals surface area contributed by atoms with Crippen molar-refractivity contribution >= 4 is 12.0 Å². The molecule has 2 heterocycles. The Morgan fingerprint density at radius 3 is 2.57 bits per heavy atom. The van der Waals surface area contributed by atoms with Gasteiger partial charge in [-0.15, -0.1) is 0 Å². The van der Waals surface area contributed by atoms with E-state index in [1.807, 2.05) is 13.0 Å². The van der Waals surface area contributed by atoms with Gasteiger partial charge in [-0.3, -0.25) is 4.79 Å². The summed E-state index contributed by atoms with van der Waals surface area (Å²) in [4.78, 5) is 11.5. The first kappa shape index (κ1) is 20.9. The fourth-order valence-electron chi connectivity index (χ4n) is 4.52. The van der Waals surface area contributed by atoms with Gasteiger partial charge >= 0.3 is 5.97 Å². The Kier molecular flexibility index (Phi) is 7.12. The highest BCUT2D eigenvalue weighted by Gasteiger charge is 2.57. The van der Waals surface area contributed by atoms with E-state index in [1.54, 1.807) is 0 Å². The van der Waals surface area contributed by atoms with Crippen LogP contribution >= 0.6 is 0 Å². The molecule has 0 aromatic heterocycles. The van der Waals surface area contributed by atoms with E-state index in [4.69, 9.17) is 9.47 Å². The van der Waals surface area contributed by atoms with Crippen LogP contribution in [-0.4, -0.2) is 23.3 Å². The molecule has 152 valence electrons. The molecule has 2 fully saturated rings. The summed E-state index contributed by atoms with van der Waals surface area (Å²) in [5.74, 6) is -0.112. The van der Waals surface area contributed by atoms with E-state index in [9.17, 15) is 4.79 Å². The van der Waals surface area contributed by atoms with Crippen LogP contribution in [0.5, 0.6) is 0 Å². The number of allylic oxidation sites excluding steroid dienone is 3. The third kappa shape index (κ3) is 5.81. The zero-order chi connectivity index (χ0) is 19.9. The third-order valence-electron chi connectivity index (χ3n) is 5.94. The van der Waals surface area contributed by atoms with Gasteiger partial charge in [-0.2, -0.15) is 0 Å². The predicted molar refractivity (Wildman–Crippen MR) is 114 cm³/mol. The van der Waals surface area contributed by atoms with Crippen molar-refractivity contribution < 1.29 is 14.3 Å². The summed E-state index contributed by atoms with van der Waals surface area (Å²) in [6.07, 6.45) is 18.3. The minimum atomic E-state index is -0.396. The minimum Gasteiger partial charge on any atom is -0.456 e. The van der Waals surface area contributed by atoms with Gasteiger partial charge < -0.3 is 9.47 Å². The summed E-state index contributed by atoms with van der Waals surface area (Å²) in [6.45, 7) is 4.20. The van der Waals surface area contributed by atoms with Crippen LogP contribution in [0.2, 0.25) is 0 Å². The number of fused-ring (bicyclic) bond motifs is 1. The van der Waals surface area contributed by atoms with E-state index >= 15 is 0 Å². The van der Waals surface area contributed by atoms with Crippen molar-refractivity contribution in [3.8, 4) is 0 Å². The molecule has 2 aliphatic heterocycles. The highest BCUT2D eigenvalue weighted by atomic mass is 16.6. The molecule has 0 unspecified atom stereocenters. The number of carbonyl (C=O) groups is 1. The molecule has 0 radical (unpaired) electrons. The van der Waals surface area contributed by atoms with Crippen LogP contribution in [0, 0.1) is 0 Å². The molecule has 3 rings (SSSR count). The molecular formula is C25H34O3. The second kappa shape index (κ2) is 9.56. The van der Waals surface area contributed by atoms with Gasteiger partial charge in [0, 0.05) is 6.42 Å². The standard InChI is InChI=1S/C25H34O3/c1-24(20-25(2)22(27-24)19-23(26)28-25)18-14-9-7-5-3-4-6-8-11-15-21-16-12-10-13-17-21/h6,8,10-13,15-17,22H,3-5,7,9,14,18-20H2,1-2H3/b8-6+,15-11+/t22-,24-,25-/m0/s1. The molecule has 3 heteroatoms. The molecule has 3 atom stereocenters. The lowest BCUT2D eigenvalue weighted by Crippen LogP contribution is -2.31. The van der Waals surface area contributed by atoms with Gasteiger partial charge in [-0.25, -0.2) is 0 Å². The van der Waals surface area contributed by atoms with Gasteiger partial charge in [0.25, 0.3) is 0 Å². The average molecular weight is 383 g/mol. The largest absolute Gasteiger partial charge is 0.456 e. The quantitative estimate of drug-likeness (QED) is 0.273. The number of hydrogen-bond acceptors (Lipinski definition) is 3. The number of benzene rings is 1. The van der Waals surface area contributed by atoms with Crippen molar-refractivity contribution in [1.82, 2.24) is 0 Å². The van der Waals surface area contributed by atoms with Crippen molar-refractivity contribution in [1.29, 1.82) is 0 Å². The number of unbranched alkanes of at least 4 members (excludes halogenated alkanes) is 5. The van der Waals surface area contributed by atoms with Crippen LogP contribution < -0.4 is 0 Å². The van der Waals surface area contributed by atoms with E-state index in [-0.39, 0.29) is 17.7 Å². The molecule has 3 nitrogen and oxygen atoms in total.